The van der Waals surface area contributed by atoms with E-state index in [9.17, 15) is 9.59 Å². The van der Waals surface area contributed by atoms with Gasteiger partial charge < -0.3 is 14.3 Å². The van der Waals surface area contributed by atoms with Crippen LogP contribution < -0.4 is 0 Å². The zero-order chi connectivity index (χ0) is 12.0. The fraction of sp³-hybridized carbons (Fsp3) is 0.455. The molecule has 16 heavy (non-hydrogen) atoms. The Bertz CT molecular complexity index is 366. The lowest BCUT2D eigenvalue weighted by Gasteiger charge is -2.02. The van der Waals surface area contributed by atoms with Crippen LogP contribution in [0.1, 0.15) is 47.1 Å². The van der Waals surface area contributed by atoms with E-state index in [1.807, 2.05) is 6.92 Å². The number of carbonyl (C=O) groups excluding carboxylic acids is 1. The Balaban J connectivity index is 2.53. The molecule has 0 aliphatic rings. The van der Waals surface area contributed by atoms with Crippen molar-refractivity contribution < 1.29 is 23.8 Å². The highest BCUT2D eigenvalue weighted by Gasteiger charge is 2.21. The maximum absolute atomic E-state index is 11.4. The third-order valence-corrected chi connectivity index (χ3v) is 2.06. The van der Waals surface area contributed by atoms with E-state index in [1.54, 1.807) is 0 Å². The summed E-state index contributed by atoms with van der Waals surface area (Å²) >= 11 is 0. The maximum atomic E-state index is 11.4. The van der Waals surface area contributed by atoms with Gasteiger partial charge in [-0.1, -0.05) is 19.8 Å². The summed E-state index contributed by atoms with van der Waals surface area (Å²) in [6, 6.07) is 1.23. The topological polar surface area (TPSA) is 76.7 Å². The molecule has 5 heteroatoms. The van der Waals surface area contributed by atoms with Crippen LogP contribution in [0.25, 0.3) is 0 Å². The van der Waals surface area contributed by atoms with Crippen LogP contribution >= 0.6 is 0 Å². The maximum Gasteiger partial charge on any atom is 0.375 e. The van der Waals surface area contributed by atoms with Crippen molar-refractivity contribution in [3.63, 3.8) is 0 Å². The molecule has 0 saturated carbocycles. The third kappa shape index (κ3) is 3.12. The van der Waals surface area contributed by atoms with Gasteiger partial charge in [-0.15, -0.1) is 0 Å². The van der Waals surface area contributed by atoms with Gasteiger partial charge >= 0.3 is 11.9 Å². The van der Waals surface area contributed by atoms with Gasteiger partial charge in [-0.3, -0.25) is 0 Å². The monoisotopic (exact) mass is 226 g/mol. The second kappa shape index (κ2) is 5.95. The van der Waals surface area contributed by atoms with E-state index in [2.05, 4.69) is 0 Å². The number of rotatable bonds is 6. The molecule has 0 spiro atoms. The van der Waals surface area contributed by atoms with Crippen molar-refractivity contribution in [1.29, 1.82) is 0 Å². The third-order valence-electron chi connectivity index (χ3n) is 2.06. The van der Waals surface area contributed by atoms with Crippen molar-refractivity contribution in [2.75, 3.05) is 6.61 Å². The van der Waals surface area contributed by atoms with Crippen LogP contribution in [0, 0.1) is 0 Å². The quantitative estimate of drug-likeness (QED) is 0.595. The van der Waals surface area contributed by atoms with Crippen LogP contribution in [-0.4, -0.2) is 23.7 Å². The molecule has 1 heterocycles. The highest BCUT2D eigenvalue weighted by atomic mass is 16.5. The van der Waals surface area contributed by atoms with Gasteiger partial charge in [0.15, 0.2) is 0 Å². The second-order valence-corrected chi connectivity index (χ2v) is 3.31. The molecule has 0 aliphatic carbocycles. The average molecular weight is 226 g/mol. The van der Waals surface area contributed by atoms with Crippen LogP contribution in [0.3, 0.4) is 0 Å². The number of carboxylic acids is 1. The largest absolute Gasteiger partial charge is 0.478 e. The first-order valence-corrected chi connectivity index (χ1v) is 5.14. The molecule has 0 radical (unpaired) electrons. The number of unbranched alkanes of at least 4 members (excludes halogenated alkanes) is 2. The molecule has 0 aliphatic heterocycles. The number of esters is 1. The number of hydrogen-bond acceptors (Lipinski definition) is 4. The van der Waals surface area contributed by atoms with Crippen LogP contribution in [0.4, 0.5) is 0 Å². The summed E-state index contributed by atoms with van der Waals surface area (Å²) in [7, 11) is 0. The van der Waals surface area contributed by atoms with Gasteiger partial charge in [0.2, 0.25) is 5.76 Å². The molecule has 0 amide bonds. The lowest BCUT2D eigenvalue weighted by molar-refractivity contribution is 0.0451. The van der Waals surface area contributed by atoms with Crippen molar-refractivity contribution in [2.24, 2.45) is 0 Å². The Labute approximate surface area is 93.0 Å². The standard InChI is InChI=1S/C11H14O5/c1-2-3-4-6-16-11(14)9-8(10(12)13)5-7-15-9/h5,7H,2-4,6H2,1H3,(H,12,13). The van der Waals surface area contributed by atoms with Crippen molar-refractivity contribution in [1.82, 2.24) is 0 Å². The molecular formula is C11H14O5. The van der Waals surface area contributed by atoms with E-state index >= 15 is 0 Å². The fourth-order valence-electron chi connectivity index (χ4n) is 1.22. The number of carbonyl (C=O) groups is 2. The van der Waals surface area contributed by atoms with E-state index < -0.39 is 11.9 Å². The van der Waals surface area contributed by atoms with Gasteiger partial charge in [-0.05, 0) is 12.5 Å². The van der Waals surface area contributed by atoms with Gasteiger partial charge in [0.05, 0.1) is 12.9 Å². The van der Waals surface area contributed by atoms with Crippen molar-refractivity contribution in [3.8, 4) is 0 Å². The number of aromatic carboxylic acids is 1. The van der Waals surface area contributed by atoms with Gasteiger partial charge in [-0.25, -0.2) is 9.59 Å². The molecule has 5 nitrogen and oxygen atoms in total. The summed E-state index contributed by atoms with van der Waals surface area (Å²) in [5, 5.41) is 8.75. The lowest BCUT2D eigenvalue weighted by Crippen LogP contribution is -2.10. The van der Waals surface area contributed by atoms with E-state index in [0.717, 1.165) is 25.5 Å². The molecule has 1 rings (SSSR count). The van der Waals surface area contributed by atoms with Gasteiger partial charge in [-0.2, -0.15) is 0 Å². The minimum Gasteiger partial charge on any atom is -0.478 e. The molecule has 0 atom stereocenters. The number of carboxylic acid groups (broad SMARTS) is 1. The molecule has 0 bridgehead atoms. The molecule has 1 aromatic rings. The van der Waals surface area contributed by atoms with Crippen molar-refractivity contribution in [2.45, 2.75) is 26.2 Å². The normalized spacial score (nSPS) is 10.1. The summed E-state index contributed by atoms with van der Waals surface area (Å²) in [5.41, 5.74) is -0.166. The van der Waals surface area contributed by atoms with Crippen LogP contribution in [0.5, 0.6) is 0 Å². The molecule has 0 saturated heterocycles. The minimum absolute atomic E-state index is 0.166. The van der Waals surface area contributed by atoms with Gasteiger partial charge in [0, 0.05) is 0 Å². The predicted octanol–water partition coefficient (Wildman–Crippen LogP) is 2.32. The smallest absolute Gasteiger partial charge is 0.375 e. The number of hydrogen-bond donors (Lipinski definition) is 1. The Morgan fingerprint density at radius 1 is 1.44 bits per heavy atom. The summed E-state index contributed by atoms with van der Waals surface area (Å²) in [6.45, 7) is 2.32. The van der Waals surface area contributed by atoms with Gasteiger partial charge in [0.25, 0.3) is 0 Å². The highest BCUT2D eigenvalue weighted by molar-refractivity contribution is 6.00. The Morgan fingerprint density at radius 3 is 2.81 bits per heavy atom. The predicted molar refractivity (Wildman–Crippen MR) is 55.5 cm³/mol. The molecular weight excluding hydrogens is 212 g/mol. The van der Waals surface area contributed by atoms with E-state index in [1.165, 1.54) is 6.07 Å². The number of ether oxygens (including phenoxy) is 1. The first kappa shape index (κ1) is 12.3. The Hall–Kier alpha value is -1.78. The zero-order valence-corrected chi connectivity index (χ0v) is 9.06. The molecule has 0 fully saturated rings. The molecule has 1 aromatic heterocycles. The highest BCUT2D eigenvalue weighted by Crippen LogP contribution is 2.12. The lowest BCUT2D eigenvalue weighted by atomic mass is 10.2. The molecule has 0 unspecified atom stereocenters. The average Bonchev–Trinajstić information content (AvgIpc) is 2.73. The summed E-state index contributed by atoms with van der Waals surface area (Å²) < 4.78 is 9.67. The molecule has 1 N–H and O–H groups in total. The van der Waals surface area contributed by atoms with E-state index in [4.69, 9.17) is 14.3 Å². The van der Waals surface area contributed by atoms with Crippen LogP contribution in [0.2, 0.25) is 0 Å². The zero-order valence-electron chi connectivity index (χ0n) is 9.06. The Kier molecular flexibility index (Phi) is 4.57. The SMILES string of the molecule is CCCCCOC(=O)c1occc1C(=O)O. The number of furan rings is 1. The van der Waals surface area contributed by atoms with Crippen molar-refractivity contribution in [3.05, 3.63) is 23.7 Å². The minimum atomic E-state index is -1.20. The Morgan fingerprint density at radius 2 is 2.19 bits per heavy atom. The molecule has 88 valence electrons. The van der Waals surface area contributed by atoms with Crippen molar-refractivity contribution >= 4 is 11.9 Å². The summed E-state index contributed by atoms with van der Waals surface area (Å²) in [6.07, 6.45) is 3.92. The second-order valence-electron chi connectivity index (χ2n) is 3.31. The molecule has 0 aromatic carbocycles. The van der Waals surface area contributed by atoms with Crippen LogP contribution in [0.15, 0.2) is 16.7 Å². The summed E-state index contributed by atoms with van der Waals surface area (Å²) in [4.78, 5) is 22.1. The fourth-order valence-corrected chi connectivity index (χ4v) is 1.22. The first-order valence-electron chi connectivity index (χ1n) is 5.14. The summed E-state index contributed by atoms with van der Waals surface area (Å²) in [5.74, 6) is -2.17. The van der Waals surface area contributed by atoms with Crippen LogP contribution in [-0.2, 0) is 4.74 Å². The van der Waals surface area contributed by atoms with Gasteiger partial charge in [0.1, 0.15) is 5.56 Å². The first-order chi connectivity index (χ1) is 7.66. The van der Waals surface area contributed by atoms with E-state index in [-0.39, 0.29) is 17.9 Å². The van der Waals surface area contributed by atoms with E-state index in [0.29, 0.717) is 0 Å².